The molecule has 1 aliphatic heterocycles. The van der Waals surface area contributed by atoms with Gasteiger partial charge in [-0.25, -0.2) is 15.0 Å². The van der Waals surface area contributed by atoms with Gasteiger partial charge in [0.1, 0.15) is 19.3 Å². The van der Waals surface area contributed by atoms with Crippen molar-refractivity contribution in [1.29, 1.82) is 0 Å². The van der Waals surface area contributed by atoms with E-state index in [1.54, 1.807) is 11.4 Å². The third-order valence-electron chi connectivity index (χ3n) is 0.860. The third kappa shape index (κ3) is 1.81. The monoisotopic (exact) mass is 127 g/mol. The summed E-state index contributed by atoms with van der Waals surface area (Å²) in [6.45, 7) is 3.13. The molecule has 0 aromatic rings. The molecule has 0 aromatic carbocycles. The molecular weight excluding hydrogens is 118 g/mol. The number of hydrogen-bond donors (Lipinski definition) is 0. The molecule has 4 heteroatoms. The molecule has 0 atom stereocenters. The van der Waals surface area contributed by atoms with Crippen LogP contribution in [0.4, 0.5) is 0 Å². The fraction of sp³-hybridized carbons (Fsp3) is 0.600. The van der Waals surface area contributed by atoms with Crippen molar-refractivity contribution in [2.75, 3.05) is 13.3 Å². The van der Waals surface area contributed by atoms with E-state index in [1.807, 2.05) is 6.92 Å². The van der Waals surface area contributed by atoms with E-state index in [9.17, 15) is 0 Å². The highest BCUT2D eigenvalue weighted by atomic mass is 16.7. The van der Waals surface area contributed by atoms with Crippen LogP contribution in [0.5, 0.6) is 0 Å². The standard InChI is InChI=1S/C5H9N3O/c1-2-9-8-4-6-3-7-5-8/h3-4H,2,5H2,1H3. The molecule has 1 aliphatic rings. The van der Waals surface area contributed by atoms with Crippen LogP contribution < -0.4 is 0 Å². The van der Waals surface area contributed by atoms with Crippen LogP contribution in [0.25, 0.3) is 0 Å². The molecule has 0 N–H and O–H groups in total. The van der Waals surface area contributed by atoms with Gasteiger partial charge in [-0.2, -0.15) is 0 Å². The molecule has 0 aliphatic carbocycles. The first-order chi connectivity index (χ1) is 4.43. The highest BCUT2D eigenvalue weighted by molar-refractivity contribution is 5.72. The summed E-state index contributed by atoms with van der Waals surface area (Å²) < 4.78 is 0. The maximum atomic E-state index is 5.05. The molecule has 0 saturated heterocycles. The molecule has 0 fully saturated rings. The van der Waals surface area contributed by atoms with Gasteiger partial charge in [-0.1, -0.05) is 0 Å². The normalized spacial score (nSPS) is 16.8. The smallest absolute Gasteiger partial charge is 0.138 e. The van der Waals surface area contributed by atoms with Crippen LogP contribution in [0.3, 0.4) is 0 Å². The van der Waals surface area contributed by atoms with Crippen LogP contribution in [0, 0.1) is 0 Å². The van der Waals surface area contributed by atoms with Crippen molar-refractivity contribution in [2.24, 2.45) is 9.98 Å². The lowest BCUT2D eigenvalue weighted by molar-refractivity contribution is -0.0870. The molecule has 1 rings (SSSR count). The van der Waals surface area contributed by atoms with Gasteiger partial charge in [-0.15, -0.1) is 0 Å². The average molecular weight is 127 g/mol. The van der Waals surface area contributed by atoms with Gasteiger partial charge in [0, 0.05) is 0 Å². The van der Waals surface area contributed by atoms with Crippen molar-refractivity contribution in [3.8, 4) is 0 Å². The second-order valence-electron chi connectivity index (χ2n) is 1.54. The molecule has 0 aromatic heterocycles. The first kappa shape index (κ1) is 6.22. The van der Waals surface area contributed by atoms with E-state index in [2.05, 4.69) is 9.98 Å². The minimum Gasteiger partial charge on any atom is -0.271 e. The zero-order valence-electron chi connectivity index (χ0n) is 5.32. The summed E-state index contributed by atoms with van der Waals surface area (Å²) in [4.78, 5) is 12.7. The lowest BCUT2D eigenvalue weighted by Gasteiger charge is -2.15. The molecule has 0 amide bonds. The number of nitrogens with zero attached hydrogens (tertiary/aromatic N) is 3. The van der Waals surface area contributed by atoms with Crippen molar-refractivity contribution >= 4 is 12.7 Å². The molecular formula is C5H9N3O. The number of rotatable bonds is 2. The largest absolute Gasteiger partial charge is 0.271 e. The van der Waals surface area contributed by atoms with Gasteiger partial charge in [-0.3, -0.25) is 4.84 Å². The zero-order chi connectivity index (χ0) is 6.53. The fourth-order valence-electron chi connectivity index (χ4n) is 0.545. The van der Waals surface area contributed by atoms with Crippen LogP contribution in [0.2, 0.25) is 0 Å². The Hall–Kier alpha value is -0.900. The fourth-order valence-corrected chi connectivity index (χ4v) is 0.545. The lowest BCUT2D eigenvalue weighted by Crippen LogP contribution is -2.24. The Labute approximate surface area is 53.8 Å². The number of hydrogen-bond acceptors (Lipinski definition) is 4. The maximum Gasteiger partial charge on any atom is 0.138 e. The van der Waals surface area contributed by atoms with Crippen LogP contribution in [0.15, 0.2) is 9.98 Å². The molecule has 1 heterocycles. The van der Waals surface area contributed by atoms with Crippen LogP contribution >= 0.6 is 0 Å². The van der Waals surface area contributed by atoms with Crippen LogP contribution in [-0.4, -0.2) is 31.0 Å². The van der Waals surface area contributed by atoms with E-state index in [0.29, 0.717) is 13.3 Å². The van der Waals surface area contributed by atoms with Crippen molar-refractivity contribution in [3.05, 3.63) is 0 Å². The molecule has 0 unspecified atom stereocenters. The Morgan fingerprint density at radius 2 is 2.67 bits per heavy atom. The highest BCUT2D eigenvalue weighted by Crippen LogP contribution is 1.89. The summed E-state index contributed by atoms with van der Waals surface area (Å²) >= 11 is 0. The van der Waals surface area contributed by atoms with Crippen molar-refractivity contribution in [2.45, 2.75) is 6.92 Å². The predicted octanol–water partition coefficient (Wildman–Crippen LogP) is 0.268. The summed E-state index contributed by atoms with van der Waals surface area (Å²) in [5.41, 5.74) is 0. The Balaban J connectivity index is 2.28. The SMILES string of the molecule is CCON1C=NC=NC1. The van der Waals surface area contributed by atoms with Crippen LogP contribution in [0.1, 0.15) is 6.92 Å². The van der Waals surface area contributed by atoms with Gasteiger partial charge in [0.05, 0.1) is 6.61 Å². The Bertz CT molecular complexity index is 132. The summed E-state index contributed by atoms with van der Waals surface area (Å²) in [6, 6.07) is 0. The molecule has 0 bridgehead atoms. The van der Waals surface area contributed by atoms with E-state index in [0.717, 1.165) is 0 Å². The quantitative estimate of drug-likeness (QED) is 0.533. The van der Waals surface area contributed by atoms with E-state index >= 15 is 0 Å². The Kier molecular flexibility index (Phi) is 2.21. The van der Waals surface area contributed by atoms with Gasteiger partial charge in [0.2, 0.25) is 0 Å². The average Bonchev–Trinajstić information content (AvgIpc) is 1.91. The first-order valence-corrected chi connectivity index (χ1v) is 2.84. The van der Waals surface area contributed by atoms with Crippen molar-refractivity contribution in [3.63, 3.8) is 0 Å². The van der Waals surface area contributed by atoms with Gasteiger partial charge < -0.3 is 0 Å². The van der Waals surface area contributed by atoms with E-state index in [1.165, 1.54) is 6.34 Å². The Morgan fingerprint density at radius 1 is 1.78 bits per heavy atom. The maximum absolute atomic E-state index is 5.05. The summed E-state index contributed by atoms with van der Waals surface area (Å²) in [5.74, 6) is 0. The minimum absolute atomic E-state index is 0.553. The molecule has 4 nitrogen and oxygen atoms in total. The predicted molar refractivity (Wildman–Crippen MR) is 35.3 cm³/mol. The second-order valence-corrected chi connectivity index (χ2v) is 1.54. The molecule has 0 spiro atoms. The number of aliphatic imine (C=N–C) groups is 2. The summed E-state index contributed by atoms with van der Waals surface area (Å²) in [7, 11) is 0. The second kappa shape index (κ2) is 3.19. The molecule has 50 valence electrons. The third-order valence-corrected chi connectivity index (χ3v) is 0.860. The zero-order valence-corrected chi connectivity index (χ0v) is 5.32. The van der Waals surface area contributed by atoms with Gasteiger partial charge in [-0.05, 0) is 6.92 Å². The lowest BCUT2D eigenvalue weighted by atomic mass is 10.9. The van der Waals surface area contributed by atoms with Gasteiger partial charge in [0.25, 0.3) is 0 Å². The summed E-state index contributed by atoms with van der Waals surface area (Å²) in [6.07, 6.45) is 3.12. The first-order valence-electron chi connectivity index (χ1n) is 2.84. The number of hydroxylamine groups is 2. The van der Waals surface area contributed by atoms with Crippen molar-refractivity contribution in [1.82, 2.24) is 5.06 Å². The molecule has 9 heavy (non-hydrogen) atoms. The molecule has 0 radical (unpaired) electrons. The van der Waals surface area contributed by atoms with Gasteiger partial charge in [0.15, 0.2) is 0 Å². The minimum atomic E-state index is 0.553. The topological polar surface area (TPSA) is 37.2 Å². The van der Waals surface area contributed by atoms with Gasteiger partial charge >= 0.3 is 0 Å². The molecule has 0 saturated carbocycles. The Morgan fingerprint density at radius 3 is 3.22 bits per heavy atom. The van der Waals surface area contributed by atoms with Crippen molar-refractivity contribution < 1.29 is 4.84 Å². The highest BCUT2D eigenvalue weighted by Gasteiger charge is 1.97. The van der Waals surface area contributed by atoms with E-state index in [4.69, 9.17) is 4.84 Å². The van der Waals surface area contributed by atoms with Crippen LogP contribution in [-0.2, 0) is 4.84 Å². The van der Waals surface area contributed by atoms with E-state index < -0.39 is 0 Å². The van der Waals surface area contributed by atoms with E-state index in [-0.39, 0.29) is 0 Å². The summed E-state index contributed by atoms with van der Waals surface area (Å²) in [5, 5.41) is 1.58.